The number of aromatic nitrogens is 2. The molecule has 0 N–H and O–H groups in total. The lowest BCUT2D eigenvalue weighted by molar-refractivity contribution is 0.0774. The van der Waals surface area contributed by atoms with Crippen LogP contribution in [-0.4, -0.2) is 59.5 Å². The number of carbonyl (C=O) groups excluding carboxylic acids is 1. The van der Waals surface area contributed by atoms with Crippen molar-refractivity contribution in [3.05, 3.63) is 107 Å². The SMILES string of the molecule is COc1cc2c(cc1OCCCCCCCOc1ccc(-n3c(-c4ccccc4)nc4ccccc4c3=O)cc1)N=C[C@@H]1CCCN1C2=O. The Morgan fingerprint density at radius 2 is 1.53 bits per heavy atom. The van der Waals surface area contributed by atoms with Gasteiger partial charge in [0.25, 0.3) is 11.5 Å². The standard InChI is InChI=1S/C40H40N4O5/c1-47-36-25-33-35(41-27-30-15-12-22-43(30)39(33)45)26-37(36)49-24-11-4-2-3-10-23-48-31-20-18-29(19-21-31)44-38(28-13-6-5-7-14-28)42-34-17-9-8-16-32(34)40(44)46/h5-9,13-14,16-21,25-27,30H,2-4,10-12,15,22-24H2,1H3/t30-/m0/s1. The van der Waals surface area contributed by atoms with Crippen LogP contribution in [0.15, 0.2) is 101 Å². The lowest BCUT2D eigenvalue weighted by atomic mass is 10.1. The van der Waals surface area contributed by atoms with Gasteiger partial charge in [-0.25, -0.2) is 4.98 Å². The molecule has 9 heteroatoms. The minimum atomic E-state index is -0.105. The van der Waals surface area contributed by atoms with Gasteiger partial charge in [-0.15, -0.1) is 0 Å². The maximum absolute atomic E-state index is 13.6. The predicted molar refractivity (Wildman–Crippen MR) is 192 cm³/mol. The third-order valence-corrected chi connectivity index (χ3v) is 9.18. The van der Waals surface area contributed by atoms with E-state index in [0.717, 1.165) is 68.5 Å². The monoisotopic (exact) mass is 656 g/mol. The highest BCUT2D eigenvalue weighted by Gasteiger charge is 2.32. The molecule has 0 saturated carbocycles. The number of rotatable bonds is 13. The van der Waals surface area contributed by atoms with E-state index in [0.29, 0.717) is 52.7 Å². The maximum Gasteiger partial charge on any atom is 0.266 e. The molecule has 2 aliphatic rings. The molecule has 250 valence electrons. The van der Waals surface area contributed by atoms with Gasteiger partial charge in [-0.3, -0.25) is 19.1 Å². The van der Waals surface area contributed by atoms with Crippen LogP contribution in [0.3, 0.4) is 0 Å². The van der Waals surface area contributed by atoms with Crippen LogP contribution in [0.5, 0.6) is 17.2 Å². The number of carbonyl (C=O) groups is 1. The molecule has 0 bridgehead atoms. The number of benzene rings is 4. The van der Waals surface area contributed by atoms with Gasteiger partial charge in [0.15, 0.2) is 11.5 Å². The number of para-hydroxylation sites is 1. The van der Waals surface area contributed by atoms with Crippen LogP contribution >= 0.6 is 0 Å². The highest BCUT2D eigenvalue weighted by Crippen LogP contribution is 2.38. The Labute approximate surface area is 285 Å². The first-order valence-electron chi connectivity index (χ1n) is 17.1. The fourth-order valence-corrected chi connectivity index (χ4v) is 6.57. The predicted octanol–water partition coefficient (Wildman–Crippen LogP) is 7.79. The van der Waals surface area contributed by atoms with Crippen molar-refractivity contribution in [2.45, 2.75) is 51.0 Å². The molecule has 49 heavy (non-hydrogen) atoms. The number of aliphatic imine (C=N–C) groups is 1. The third-order valence-electron chi connectivity index (χ3n) is 9.18. The molecule has 0 aliphatic carbocycles. The number of hydrogen-bond donors (Lipinski definition) is 0. The van der Waals surface area contributed by atoms with Gasteiger partial charge in [-0.1, -0.05) is 61.7 Å². The molecule has 1 aromatic heterocycles. The number of hydrogen-bond acceptors (Lipinski definition) is 7. The van der Waals surface area contributed by atoms with Crippen LogP contribution in [0.1, 0.15) is 55.3 Å². The molecule has 7 rings (SSSR count). The Balaban J connectivity index is 0.880. The van der Waals surface area contributed by atoms with Crippen molar-refractivity contribution in [3.63, 3.8) is 0 Å². The Hall–Kier alpha value is -5.44. The first-order valence-corrected chi connectivity index (χ1v) is 17.1. The molecule has 5 aromatic rings. The van der Waals surface area contributed by atoms with Crippen LogP contribution < -0.4 is 19.8 Å². The minimum absolute atomic E-state index is 0.00803. The van der Waals surface area contributed by atoms with Crippen molar-refractivity contribution in [3.8, 4) is 34.3 Å². The van der Waals surface area contributed by atoms with Crippen LogP contribution in [0, 0.1) is 0 Å². The second kappa shape index (κ2) is 14.8. The quantitative estimate of drug-likeness (QED) is 0.120. The van der Waals surface area contributed by atoms with E-state index in [1.807, 2.05) is 96.0 Å². The Bertz CT molecular complexity index is 2020. The van der Waals surface area contributed by atoms with Gasteiger partial charge < -0.3 is 19.1 Å². The van der Waals surface area contributed by atoms with E-state index in [1.54, 1.807) is 17.7 Å². The number of nitrogens with zero attached hydrogens (tertiary/aromatic N) is 4. The summed E-state index contributed by atoms with van der Waals surface area (Å²) in [6.45, 7) is 1.94. The fourth-order valence-electron chi connectivity index (χ4n) is 6.57. The van der Waals surface area contributed by atoms with Gasteiger partial charge in [-0.2, -0.15) is 0 Å². The summed E-state index contributed by atoms with van der Waals surface area (Å²) >= 11 is 0. The zero-order valence-corrected chi connectivity index (χ0v) is 27.7. The number of amides is 1. The van der Waals surface area contributed by atoms with E-state index in [4.69, 9.17) is 19.2 Å². The van der Waals surface area contributed by atoms with E-state index in [1.165, 1.54) is 0 Å². The first kappa shape index (κ1) is 32.1. The van der Waals surface area contributed by atoms with Gasteiger partial charge >= 0.3 is 0 Å². The lowest BCUT2D eigenvalue weighted by Gasteiger charge is -2.20. The van der Waals surface area contributed by atoms with Crippen molar-refractivity contribution < 1.29 is 19.0 Å². The smallest absolute Gasteiger partial charge is 0.266 e. The summed E-state index contributed by atoms with van der Waals surface area (Å²) < 4.78 is 19.3. The second-order valence-corrected chi connectivity index (χ2v) is 12.4. The Kier molecular flexibility index (Phi) is 9.68. The van der Waals surface area contributed by atoms with E-state index in [9.17, 15) is 9.59 Å². The molecule has 3 heterocycles. The van der Waals surface area contributed by atoms with Gasteiger partial charge in [0.2, 0.25) is 0 Å². The first-order chi connectivity index (χ1) is 24.1. The summed E-state index contributed by atoms with van der Waals surface area (Å²) in [5.74, 6) is 2.55. The van der Waals surface area contributed by atoms with E-state index in [-0.39, 0.29) is 17.5 Å². The van der Waals surface area contributed by atoms with Crippen molar-refractivity contribution in [2.75, 3.05) is 26.9 Å². The van der Waals surface area contributed by atoms with Gasteiger partial charge in [-0.05, 0) is 68.1 Å². The van der Waals surface area contributed by atoms with E-state index < -0.39 is 0 Å². The van der Waals surface area contributed by atoms with Gasteiger partial charge in [0.05, 0.1) is 54.2 Å². The average Bonchev–Trinajstić information content (AvgIpc) is 3.58. The molecule has 0 radical (unpaired) electrons. The summed E-state index contributed by atoms with van der Waals surface area (Å²) in [5, 5.41) is 0.579. The zero-order chi connectivity index (χ0) is 33.6. The summed E-state index contributed by atoms with van der Waals surface area (Å²) in [4.78, 5) is 38.1. The normalized spacial score (nSPS) is 15.2. The molecule has 4 aromatic carbocycles. The van der Waals surface area contributed by atoms with Gasteiger partial charge in [0.1, 0.15) is 11.6 Å². The molecule has 2 aliphatic heterocycles. The van der Waals surface area contributed by atoms with Crippen LogP contribution in [0.25, 0.3) is 28.0 Å². The van der Waals surface area contributed by atoms with Crippen molar-refractivity contribution in [1.29, 1.82) is 0 Å². The molecule has 1 amide bonds. The van der Waals surface area contributed by atoms with Crippen LogP contribution in [-0.2, 0) is 0 Å². The number of ether oxygens (including phenoxy) is 3. The second-order valence-electron chi connectivity index (χ2n) is 12.4. The largest absolute Gasteiger partial charge is 0.494 e. The Morgan fingerprint density at radius 1 is 0.796 bits per heavy atom. The molecule has 9 nitrogen and oxygen atoms in total. The average molecular weight is 657 g/mol. The summed E-state index contributed by atoms with van der Waals surface area (Å²) in [6.07, 6.45) is 8.85. The van der Waals surface area contributed by atoms with Crippen LogP contribution in [0.2, 0.25) is 0 Å². The number of methoxy groups -OCH3 is 1. The summed E-state index contributed by atoms with van der Waals surface area (Å²) in [6, 6.07) is 28.5. The molecule has 1 atom stereocenters. The molecule has 0 unspecified atom stereocenters. The van der Waals surface area contributed by atoms with E-state index in [2.05, 4.69) is 4.99 Å². The molecule has 0 spiro atoms. The van der Waals surface area contributed by atoms with E-state index >= 15 is 0 Å². The molecule has 1 fully saturated rings. The number of fused-ring (bicyclic) bond motifs is 3. The van der Waals surface area contributed by atoms with Crippen molar-refractivity contribution in [1.82, 2.24) is 14.5 Å². The van der Waals surface area contributed by atoms with Crippen LogP contribution in [0.4, 0.5) is 5.69 Å². The Morgan fingerprint density at radius 3 is 2.33 bits per heavy atom. The van der Waals surface area contributed by atoms with Crippen molar-refractivity contribution in [2.24, 2.45) is 4.99 Å². The molecule has 1 saturated heterocycles. The van der Waals surface area contributed by atoms with Gasteiger partial charge in [0, 0.05) is 24.4 Å². The third kappa shape index (κ3) is 6.92. The van der Waals surface area contributed by atoms with Crippen molar-refractivity contribution >= 4 is 28.7 Å². The molecular formula is C40H40N4O5. The fraction of sp³-hybridized carbons (Fsp3) is 0.300. The maximum atomic E-state index is 13.6. The highest BCUT2D eigenvalue weighted by atomic mass is 16.5. The highest BCUT2D eigenvalue weighted by molar-refractivity contribution is 6.03. The minimum Gasteiger partial charge on any atom is -0.494 e. The summed E-state index contributed by atoms with van der Waals surface area (Å²) in [5.41, 5.74) is 3.39. The summed E-state index contributed by atoms with van der Waals surface area (Å²) in [7, 11) is 1.60. The zero-order valence-electron chi connectivity index (χ0n) is 27.7. The topological polar surface area (TPSA) is 95.2 Å². The number of unbranched alkanes of at least 4 members (excludes halogenated alkanes) is 4. The lowest BCUT2D eigenvalue weighted by Crippen LogP contribution is -2.35. The molecular weight excluding hydrogens is 616 g/mol.